The predicted octanol–water partition coefficient (Wildman–Crippen LogP) is 1.60. The number of H-pyrrole nitrogens is 1. The first-order valence-electron chi connectivity index (χ1n) is 6.33. The van der Waals surface area contributed by atoms with Crippen LogP contribution < -0.4 is 10.6 Å². The number of nitrogens with zero attached hydrogens (tertiary/aromatic N) is 3. The molecule has 2 heterocycles. The highest BCUT2D eigenvalue weighted by Crippen LogP contribution is 2.23. The molecule has 0 spiro atoms. The molecule has 20 heavy (non-hydrogen) atoms. The number of aromatic amines is 1. The molecule has 2 aromatic rings. The molecular weight excluding hydrogens is 259 g/mol. The fourth-order valence-electron chi connectivity index (χ4n) is 2.24. The van der Waals surface area contributed by atoms with Crippen LogP contribution in [0.4, 0.5) is 10.3 Å². The number of hydrogen-bond donors (Lipinski definition) is 1. The maximum Gasteiger partial charge on any atom is 0.349 e. The van der Waals surface area contributed by atoms with Gasteiger partial charge in [-0.25, -0.2) is 14.2 Å². The molecule has 0 fully saturated rings. The van der Waals surface area contributed by atoms with Crippen LogP contribution >= 0.6 is 0 Å². The standard InChI is InChI=1S/C14H13FN4O/c15-12-3-1-10(2-4-12)11-5-7-19(8-6-11)13-16-9-17-14(20)18-13/h1-5,9H,6-8H2,(H,16,17,18,20). The van der Waals surface area contributed by atoms with Gasteiger partial charge in [0.25, 0.3) is 0 Å². The first-order valence-corrected chi connectivity index (χ1v) is 6.33. The zero-order valence-electron chi connectivity index (χ0n) is 10.7. The number of benzene rings is 1. The number of anilines is 1. The third kappa shape index (κ3) is 2.59. The minimum Gasteiger partial charge on any atom is -0.338 e. The van der Waals surface area contributed by atoms with Gasteiger partial charge in [-0.1, -0.05) is 18.2 Å². The molecular formula is C14H13FN4O. The van der Waals surface area contributed by atoms with Crippen LogP contribution in [-0.4, -0.2) is 28.0 Å². The maximum absolute atomic E-state index is 12.9. The maximum atomic E-state index is 12.9. The van der Waals surface area contributed by atoms with Crippen molar-refractivity contribution in [3.8, 4) is 0 Å². The number of aromatic nitrogens is 3. The van der Waals surface area contributed by atoms with Crippen LogP contribution in [0.5, 0.6) is 0 Å². The van der Waals surface area contributed by atoms with Crippen molar-refractivity contribution in [2.75, 3.05) is 18.0 Å². The van der Waals surface area contributed by atoms with Gasteiger partial charge in [-0.2, -0.15) is 4.98 Å². The second kappa shape index (κ2) is 5.24. The van der Waals surface area contributed by atoms with Crippen LogP contribution in [0.15, 0.2) is 41.5 Å². The van der Waals surface area contributed by atoms with E-state index in [9.17, 15) is 9.18 Å². The van der Waals surface area contributed by atoms with Crippen molar-refractivity contribution in [1.82, 2.24) is 15.0 Å². The minimum absolute atomic E-state index is 0.231. The summed E-state index contributed by atoms with van der Waals surface area (Å²) in [7, 11) is 0. The van der Waals surface area contributed by atoms with Gasteiger partial charge in [-0.15, -0.1) is 0 Å². The topological polar surface area (TPSA) is 61.9 Å². The van der Waals surface area contributed by atoms with E-state index in [2.05, 4.69) is 21.0 Å². The highest BCUT2D eigenvalue weighted by atomic mass is 19.1. The summed E-state index contributed by atoms with van der Waals surface area (Å²) in [4.78, 5) is 23.3. The molecule has 0 saturated carbocycles. The summed E-state index contributed by atoms with van der Waals surface area (Å²) in [6, 6.07) is 6.49. The molecule has 0 unspecified atom stereocenters. The lowest BCUT2D eigenvalue weighted by atomic mass is 10.00. The molecule has 0 aliphatic carbocycles. The Morgan fingerprint density at radius 1 is 1.20 bits per heavy atom. The van der Waals surface area contributed by atoms with E-state index in [4.69, 9.17) is 0 Å². The smallest absolute Gasteiger partial charge is 0.338 e. The van der Waals surface area contributed by atoms with Crippen molar-refractivity contribution in [3.63, 3.8) is 0 Å². The molecule has 0 amide bonds. The Labute approximate surface area is 114 Å². The van der Waals surface area contributed by atoms with Crippen molar-refractivity contribution in [1.29, 1.82) is 0 Å². The summed E-state index contributed by atoms with van der Waals surface area (Å²) < 4.78 is 12.9. The zero-order valence-corrected chi connectivity index (χ0v) is 10.7. The molecule has 1 aliphatic rings. The fraction of sp³-hybridized carbons (Fsp3) is 0.214. The molecule has 0 radical (unpaired) electrons. The number of nitrogens with one attached hydrogen (secondary N) is 1. The summed E-state index contributed by atoms with van der Waals surface area (Å²) in [6.07, 6.45) is 4.14. The molecule has 0 bridgehead atoms. The van der Waals surface area contributed by atoms with Gasteiger partial charge < -0.3 is 4.90 Å². The lowest BCUT2D eigenvalue weighted by Crippen LogP contribution is -2.31. The van der Waals surface area contributed by atoms with Crippen molar-refractivity contribution < 1.29 is 4.39 Å². The van der Waals surface area contributed by atoms with E-state index < -0.39 is 5.69 Å². The second-order valence-corrected chi connectivity index (χ2v) is 4.56. The minimum atomic E-state index is -0.400. The predicted molar refractivity (Wildman–Crippen MR) is 73.9 cm³/mol. The van der Waals surface area contributed by atoms with Gasteiger partial charge in [-0.05, 0) is 29.7 Å². The summed E-state index contributed by atoms with van der Waals surface area (Å²) in [5, 5.41) is 0. The molecule has 1 aliphatic heterocycles. The van der Waals surface area contributed by atoms with E-state index in [1.807, 2.05) is 4.90 Å². The van der Waals surface area contributed by atoms with Crippen LogP contribution in [0, 0.1) is 5.82 Å². The van der Waals surface area contributed by atoms with Crippen LogP contribution in [0.25, 0.3) is 5.57 Å². The molecule has 5 nitrogen and oxygen atoms in total. The van der Waals surface area contributed by atoms with Gasteiger partial charge in [-0.3, -0.25) is 4.98 Å². The second-order valence-electron chi connectivity index (χ2n) is 4.56. The van der Waals surface area contributed by atoms with Crippen LogP contribution in [0.3, 0.4) is 0 Å². The van der Waals surface area contributed by atoms with Crippen molar-refractivity contribution in [3.05, 3.63) is 58.5 Å². The highest BCUT2D eigenvalue weighted by Gasteiger charge is 2.15. The monoisotopic (exact) mass is 272 g/mol. The van der Waals surface area contributed by atoms with Gasteiger partial charge >= 0.3 is 5.69 Å². The Balaban J connectivity index is 1.78. The third-order valence-corrected chi connectivity index (χ3v) is 3.30. The van der Waals surface area contributed by atoms with Gasteiger partial charge in [0, 0.05) is 13.1 Å². The quantitative estimate of drug-likeness (QED) is 0.902. The summed E-state index contributed by atoms with van der Waals surface area (Å²) in [6.45, 7) is 1.40. The Morgan fingerprint density at radius 2 is 2.00 bits per heavy atom. The van der Waals surface area contributed by atoms with Crippen molar-refractivity contribution in [2.45, 2.75) is 6.42 Å². The van der Waals surface area contributed by atoms with Crippen LogP contribution in [0.2, 0.25) is 0 Å². The van der Waals surface area contributed by atoms with Crippen LogP contribution in [0.1, 0.15) is 12.0 Å². The van der Waals surface area contributed by atoms with Gasteiger partial charge in [0.2, 0.25) is 5.95 Å². The van der Waals surface area contributed by atoms with Crippen molar-refractivity contribution >= 4 is 11.5 Å². The van der Waals surface area contributed by atoms with Gasteiger partial charge in [0.05, 0.1) is 0 Å². The fourth-order valence-corrected chi connectivity index (χ4v) is 2.24. The molecule has 6 heteroatoms. The molecule has 1 aromatic carbocycles. The van der Waals surface area contributed by atoms with E-state index in [0.717, 1.165) is 18.5 Å². The Kier molecular flexibility index (Phi) is 3.28. The number of hydrogen-bond acceptors (Lipinski definition) is 4. The summed E-state index contributed by atoms with van der Waals surface area (Å²) in [5.74, 6) is 0.296. The Morgan fingerprint density at radius 3 is 2.65 bits per heavy atom. The van der Waals surface area contributed by atoms with E-state index in [1.165, 1.54) is 24.0 Å². The third-order valence-electron chi connectivity index (χ3n) is 3.30. The molecule has 0 atom stereocenters. The average Bonchev–Trinajstić information content (AvgIpc) is 2.48. The average molecular weight is 272 g/mol. The van der Waals surface area contributed by atoms with Crippen LogP contribution in [-0.2, 0) is 0 Å². The normalized spacial score (nSPS) is 15.1. The van der Waals surface area contributed by atoms with E-state index in [-0.39, 0.29) is 5.82 Å². The molecule has 3 rings (SSSR count). The highest BCUT2D eigenvalue weighted by molar-refractivity contribution is 5.68. The Hall–Kier alpha value is -2.50. The summed E-state index contributed by atoms with van der Waals surface area (Å²) >= 11 is 0. The lowest BCUT2D eigenvalue weighted by Gasteiger charge is -2.26. The van der Waals surface area contributed by atoms with Crippen molar-refractivity contribution in [2.24, 2.45) is 0 Å². The van der Waals surface area contributed by atoms with Gasteiger partial charge in [0.15, 0.2) is 0 Å². The molecule has 1 aromatic heterocycles. The first kappa shape index (κ1) is 12.5. The zero-order chi connectivity index (χ0) is 13.9. The number of halogens is 1. The van der Waals surface area contributed by atoms with E-state index in [1.54, 1.807) is 12.1 Å². The molecule has 0 saturated heterocycles. The Bertz CT molecular complexity index is 693. The van der Waals surface area contributed by atoms with E-state index >= 15 is 0 Å². The van der Waals surface area contributed by atoms with Gasteiger partial charge in [0.1, 0.15) is 12.1 Å². The molecule has 102 valence electrons. The summed E-state index contributed by atoms with van der Waals surface area (Å²) in [5.41, 5.74) is 1.81. The SMILES string of the molecule is O=c1ncnc(N2CC=C(c3ccc(F)cc3)CC2)[nH]1. The largest absolute Gasteiger partial charge is 0.349 e. The molecule has 1 N–H and O–H groups in total. The first-order chi connectivity index (χ1) is 9.72. The lowest BCUT2D eigenvalue weighted by molar-refractivity contribution is 0.627. The van der Waals surface area contributed by atoms with E-state index in [0.29, 0.717) is 12.5 Å². The number of rotatable bonds is 2.